The van der Waals surface area contributed by atoms with Crippen LogP contribution in [0.4, 0.5) is 50.9 Å². The molecule has 4 aromatic rings. The van der Waals surface area contributed by atoms with E-state index in [1.807, 2.05) is 39.8 Å². The SMILES string of the molecule is Cc1ccc(-n2cnc(C(F)(F)F)n2)c(C)c1.Cc1ccc(N(C=N)NC(=O)C(F)(F)F)c(C)c1.Cc1ccc(NNC(=O)C(F)(F)F)c(C)c1.[OH-]. The fourth-order valence-electron chi connectivity index (χ4n) is 4.13. The molecule has 4 rings (SSSR count). The maximum Gasteiger partial charge on any atom is 0.472 e. The Bertz CT molecular complexity index is 1840. The summed E-state index contributed by atoms with van der Waals surface area (Å²) in [7, 11) is 0. The van der Waals surface area contributed by atoms with E-state index < -0.39 is 36.2 Å². The molecule has 0 fully saturated rings. The van der Waals surface area contributed by atoms with Crippen molar-refractivity contribution >= 4 is 29.5 Å². The molecule has 2 amide bonds. The van der Waals surface area contributed by atoms with Gasteiger partial charge < -0.3 is 5.48 Å². The van der Waals surface area contributed by atoms with Crippen molar-refractivity contribution in [3.63, 3.8) is 0 Å². The standard InChI is InChI=1S/C11H12F3N3O.C11H10F3N3.C10H11F3N2O.H2O/c1-7-3-4-9(8(2)5-7)17(6-15)16-10(18)11(12,13)14;1-7-3-4-9(8(2)5-7)17-6-15-10(16-17)11(12,13)14;1-6-3-4-8(7(2)5-6)14-15-9(16)10(11,12)13;/h3-6,15H,1-2H3,(H,16,18);3-6H,1-2H3;3-5,14H,1-2H3,(H,15,16);1H2/p-1. The maximum absolute atomic E-state index is 12.3. The minimum atomic E-state index is -4.99. The van der Waals surface area contributed by atoms with Crippen LogP contribution in [-0.2, 0) is 15.8 Å². The number of nitrogens with one attached hydrogen (secondary N) is 4. The van der Waals surface area contributed by atoms with E-state index in [2.05, 4.69) is 15.5 Å². The zero-order valence-electron chi connectivity index (χ0n) is 28.3. The van der Waals surface area contributed by atoms with E-state index in [4.69, 9.17) is 5.41 Å². The van der Waals surface area contributed by atoms with Gasteiger partial charge in [-0.15, -0.1) is 5.10 Å². The Morgan fingerprint density at radius 2 is 1.23 bits per heavy atom. The Balaban J connectivity index is 0.000000387. The monoisotopic (exact) mass is 749 g/mol. The van der Waals surface area contributed by atoms with E-state index in [0.717, 1.165) is 43.8 Å². The van der Waals surface area contributed by atoms with Gasteiger partial charge in [0, 0.05) is 0 Å². The van der Waals surface area contributed by atoms with Gasteiger partial charge in [0.25, 0.3) is 5.82 Å². The number of hydrogen-bond acceptors (Lipinski definition) is 7. The van der Waals surface area contributed by atoms with Crippen LogP contribution in [0.15, 0.2) is 60.9 Å². The number of carbonyl (C=O) groups excluding carboxylic acids is 2. The molecular formula is C32H34F9N8O3-. The Morgan fingerprint density at radius 3 is 1.67 bits per heavy atom. The topological polar surface area (TPSA) is 158 Å². The first-order chi connectivity index (χ1) is 23.4. The van der Waals surface area contributed by atoms with E-state index in [1.165, 1.54) is 6.07 Å². The van der Waals surface area contributed by atoms with E-state index in [1.54, 1.807) is 61.1 Å². The molecule has 52 heavy (non-hydrogen) atoms. The smallest absolute Gasteiger partial charge is 0.472 e. The number of hydrazine groups is 2. The predicted octanol–water partition coefficient (Wildman–Crippen LogP) is 7.35. The highest BCUT2D eigenvalue weighted by Crippen LogP contribution is 2.26. The zero-order valence-corrected chi connectivity index (χ0v) is 28.3. The first-order valence-electron chi connectivity index (χ1n) is 14.5. The predicted molar refractivity (Wildman–Crippen MR) is 173 cm³/mol. The minimum Gasteiger partial charge on any atom is -0.870 e. The lowest BCUT2D eigenvalue weighted by molar-refractivity contribution is -0.173. The molecule has 0 atom stereocenters. The Kier molecular flexibility index (Phi) is 15.4. The third-order valence-corrected chi connectivity index (χ3v) is 6.51. The van der Waals surface area contributed by atoms with E-state index in [0.29, 0.717) is 29.0 Å². The molecule has 0 saturated heterocycles. The quantitative estimate of drug-likeness (QED) is 0.0695. The summed E-state index contributed by atoms with van der Waals surface area (Å²) >= 11 is 0. The zero-order chi connectivity index (χ0) is 38.9. The lowest BCUT2D eigenvalue weighted by atomic mass is 10.1. The third kappa shape index (κ3) is 13.2. The third-order valence-electron chi connectivity index (χ3n) is 6.51. The number of carbonyl (C=O) groups is 2. The van der Waals surface area contributed by atoms with Crippen molar-refractivity contribution in [3.05, 3.63) is 100 Å². The van der Waals surface area contributed by atoms with Crippen LogP contribution in [0.2, 0.25) is 0 Å². The molecule has 3 aromatic carbocycles. The van der Waals surface area contributed by atoms with Crippen molar-refractivity contribution < 1.29 is 54.6 Å². The van der Waals surface area contributed by atoms with Crippen LogP contribution < -0.4 is 21.3 Å². The molecule has 1 aromatic heterocycles. The number of rotatable bonds is 6. The van der Waals surface area contributed by atoms with Crippen molar-refractivity contribution in [2.75, 3.05) is 10.4 Å². The molecule has 0 aliphatic rings. The number of benzene rings is 3. The van der Waals surface area contributed by atoms with Gasteiger partial charge in [0.15, 0.2) is 0 Å². The first-order valence-corrected chi connectivity index (χ1v) is 14.5. The molecule has 0 aliphatic heterocycles. The number of aromatic nitrogens is 3. The summed E-state index contributed by atoms with van der Waals surface area (Å²) in [6.07, 6.45) is -12.7. The molecule has 0 radical (unpaired) electrons. The number of anilines is 2. The van der Waals surface area contributed by atoms with Gasteiger partial charge in [-0.2, -0.15) is 39.5 Å². The molecule has 1 heterocycles. The summed E-state index contributed by atoms with van der Waals surface area (Å²) in [4.78, 5) is 24.6. The van der Waals surface area contributed by atoms with Crippen LogP contribution >= 0.6 is 0 Å². The van der Waals surface area contributed by atoms with Crippen molar-refractivity contribution in [2.24, 2.45) is 0 Å². The highest BCUT2D eigenvalue weighted by molar-refractivity contribution is 5.89. The molecule has 284 valence electrons. The molecule has 0 saturated carbocycles. The van der Waals surface area contributed by atoms with Crippen LogP contribution in [0.5, 0.6) is 0 Å². The second-order valence-electron chi connectivity index (χ2n) is 10.9. The molecule has 20 heteroatoms. The fourth-order valence-corrected chi connectivity index (χ4v) is 4.13. The second kappa shape index (κ2) is 18.0. The van der Waals surface area contributed by atoms with Crippen LogP contribution in [0.3, 0.4) is 0 Å². The summed E-state index contributed by atoms with van der Waals surface area (Å²) in [6, 6.07) is 15.5. The number of alkyl halides is 9. The van der Waals surface area contributed by atoms with Gasteiger partial charge in [0.2, 0.25) is 0 Å². The number of aryl methyl sites for hydroxylation is 6. The Labute approximate surface area is 291 Å². The minimum absolute atomic E-state index is 0. The molecule has 0 aliphatic carbocycles. The number of halogens is 9. The number of hydrogen-bond donors (Lipinski definition) is 4. The highest BCUT2D eigenvalue weighted by atomic mass is 19.4. The number of nitrogens with zero attached hydrogens (tertiary/aromatic N) is 4. The molecule has 5 N–H and O–H groups in total. The van der Waals surface area contributed by atoms with Gasteiger partial charge in [0.1, 0.15) is 12.7 Å². The normalized spacial score (nSPS) is 11.1. The summed E-state index contributed by atoms with van der Waals surface area (Å²) in [6.45, 7) is 10.8. The van der Waals surface area contributed by atoms with Gasteiger partial charge in [0.05, 0.1) is 17.1 Å². The lowest BCUT2D eigenvalue weighted by Gasteiger charge is -2.22. The highest BCUT2D eigenvalue weighted by Gasteiger charge is 2.40. The summed E-state index contributed by atoms with van der Waals surface area (Å²) < 4.78 is 110. The fraction of sp³-hybridized carbons (Fsp3) is 0.281. The van der Waals surface area contributed by atoms with Crippen molar-refractivity contribution in [1.29, 1.82) is 5.41 Å². The lowest BCUT2D eigenvalue weighted by Crippen LogP contribution is -2.47. The van der Waals surface area contributed by atoms with Gasteiger partial charge in [-0.3, -0.25) is 31.3 Å². The van der Waals surface area contributed by atoms with Crippen LogP contribution in [-0.4, -0.2) is 50.7 Å². The van der Waals surface area contributed by atoms with Crippen molar-refractivity contribution in [2.45, 2.75) is 60.1 Å². The van der Waals surface area contributed by atoms with Crippen molar-refractivity contribution in [3.8, 4) is 5.69 Å². The van der Waals surface area contributed by atoms with E-state index in [9.17, 15) is 49.1 Å². The second-order valence-corrected chi connectivity index (χ2v) is 10.9. The van der Waals surface area contributed by atoms with E-state index in [-0.39, 0.29) is 5.48 Å². The molecular weight excluding hydrogens is 715 g/mol. The summed E-state index contributed by atoms with van der Waals surface area (Å²) in [5.74, 6) is -5.27. The average molecular weight is 750 g/mol. The van der Waals surface area contributed by atoms with Crippen LogP contribution in [0.1, 0.15) is 39.2 Å². The van der Waals surface area contributed by atoms with Crippen molar-refractivity contribution in [1.82, 2.24) is 25.6 Å². The molecule has 0 unspecified atom stereocenters. The van der Waals surface area contributed by atoms with Crippen LogP contribution in [0.25, 0.3) is 5.69 Å². The molecule has 11 nitrogen and oxygen atoms in total. The first kappa shape index (κ1) is 44.4. The van der Waals surface area contributed by atoms with Gasteiger partial charge in [-0.05, 0) is 76.4 Å². The average Bonchev–Trinajstić information content (AvgIpc) is 3.50. The largest absolute Gasteiger partial charge is 0.870 e. The molecule has 0 spiro atoms. The van der Waals surface area contributed by atoms with Gasteiger partial charge in [-0.1, -0.05) is 53.1 Å². The molecule has 0 bridgehead atoms. The van der Waals surface area contributed by atoms with Crippen LogP contribution in [0, 0.1) is 47.0 Å². The Morgan fingerprint density at radius 1 is 0.731 bits per heavy atom. The summed E-state index contributed by atoms with van der Waals surface area (Å²) in [5, 5.41) is 11.2. The Hall–Kier alpha value is -5.66. The van der Waals surface area contributed by atoms with E-state index >= 15 is 0 Å². The number of amides is 2. The summed E-state index contributed by atoms with van der Waals surface area (Å²) in [5.41, 5.74) is 12.0. The van der Waals surface area contributed by atoms with Gasteiger partial charge >= 0.3 is 30.3 Å². The maximum atomic E-state index is 12.3. The van der Waals surface area contributed by atoms with Gasteiger partial charge in [-0.25, -0.2) is 14.7 Å².